The van der Waals surface area contributed by atoms with Gasteiger partial charge in [0.25, 0.3) is 5.91 Å². The monoisotopic (exact) mass is 371 g/mol. The van der Waals surface area contributed by atoms with Crippen LogP contribution in [-0.4, -0.2) is 31.4 Å². The van der Waals surface area contributed by atoms with Gasteiger partial charge in [0.2, 0.25) is 5.91 Å². The lowest BCUT2D eigenvalue weighted by atomic mass is 9.96. The van der Waals surface area contributed by atoms with Crippen LogP contribution in [0.25, 0.3) is 0 Å². The van der Waals surface area contributed by atoms with Crippen LogP contribution in [0, 0.1) is 0 Å². The molecule has 136 valence electrons. The number of hydrogen-bond donors (Lipinski definition) is 2. The zero-order valence-corrected chi connectivity index (χ0v) is 15.6. The molecule has 2 aromatic carbocycles. The highest BCUT2D eigenvalue weighted by Crippen LogP contribution is 2.30. The molecule has 5 nitrogen and oxygen atoms in total. The van der Waals surface area contributed by atoms with E-state index in [2.05, 4.69) is 23.6 Å². The average Bonchev–Trinajstić information content (AvgIpc) is 2.65. The van der Waals surface area contributed by atoms with Crippen molar-refractivity contribution in [3.05, 3.63) is 58.6 Å². The van der Waals surface area contributed by atoms with Crippen LogP contribution in [0.1, 0.15) is 29.3 Å². The number of carbonyl (C=O) groups excluding carboxylic acids is 2. The Morgan fingerprint density at radius 3 is 2.73 bits per heavy atom. The largest absolute Gasteiger partial charge is 0.376 e. The summed E-state index contributed by atoms with van der Waals surface area (Å²) >= 11 is 6.16. The first kappa shape index (κ1) is 18.3. The molecule has 0 aliphatic carbocycles. The maximum Gasteiger partial charge on any atom is 0.252 e. The van der Waals surface area contributed by atoms with E-state index in [1.54, 1.807) is 25.2 Å². The standard InChI is InChI=1S/C20H22ClN3O2/c1-13-7-8-14-5-3-4-6-18(14)24(13)19(25)12-23-15-9-10-16(17(21)11-15)20(26)22-2/h3-6,9-11,13,23H,7-8,12H2,1-2H3,(H,22,26)/t13-/m0/s1. The van der Waals surface area contributed by atoms with Gasteiger partial charge in [-0.25, -0.2) is 0 Å². The number of amides is 2. The van der Waals surface area contributed by atoms with Crippen LogP contribution < -0.4 is 15.5 Å². The number of nitrogens with zero attached hydrogens (tertiary/aromatic N) is 1. The number of rotatable bonds is 4. The molecular weight excluding hydrogens is 350 g/mol. The van der Waals surface area contributed by atoms with Crippen LogP contribution in [0.5, 0.6) is 0 Å². The normalized spacial score (nSPS) is 16.0. The van der Waals surface area contributed by atoms with Crippen LogP contribution in [0.15, 0.2) is 42.5 Å². The highest BCUT2D eigenvalue weighted by atomic mass is 35.5. The summed E-state index contributed by atoms with van der Waals surface area (Å²) in [6.07, 6.45) is 1.94. The van der Waals surface area contributed by atoms with Gasteiger partial charge in [0.1, 0.15) is 0 Å². The molecule has 26 heavy (non-hydrogen) atoms. The molecular formula is C20H22ClN3O2. The third-order valence-corrected chi connectivity index (χ3v) is 4.99. The van der Waals surface area contributed by atoms with Crippen LogP contribution >= 0.6 is 11.6 Å². The zero-order chi connectivity index (χ0) is 18.7. The SMILES string of the molecule is CNC(=O)c1ccc(NCC(=O)N2c3ccccc3CC[C@@H]2C)cc1Cl. The second-order valence-electron chi connectivity index (χ2n) is 6.41. The minimum Gasteiger partial charge on any atom is -0.376 e. The minimum absolute atomic E-state index is 0.0103. The molecule has 0 unspecified atom stereocenters. The number of hydrogen-bond acceptors (Lipinski definition) is 3. The molecule has 1 aliphatic rings. The van der Waals surface area contributed by atoms with Gasteiger partial charge in [0.05, 0.1) is 17.1 Å². The summed E-state index contributed by atoms with van der Waals surface area (Å²) in [7, 11) is 1.56. The lowest BCUT2D eigenvalue weighted by Gasteiger charge is -2.35. The van der Waals surface area contributed by atoms with Crippen molar-refractivity contribution >= 4 is 34.8 Å². The van der Waals surface area contributed by atoms with Gasteiger partial charge >= 0.3 is 0 Å². The van der Waals surface area contributed by atoms with E-state index in [4.69, 9.17) is 11.6 Å². The molecule has 0 saturated heterocycles. The third-order valence-electron chi connectivity index (χ3n) is 4.68. The summed E-state index contributed by atoms with van der Waals surface area (Å²) in [5.41, 5.74) is 3.31. The van der Waals surface area contributed by atoms with Crippen LogP contribution in [0.2, 0.25) is 5.02 Å². The van der Waals surface area contributed by atoms with Gasteiger partial charge in [-0.05, 0) is 49.6 Å². The van der Waals surface area contributed by atoms with Gasteiger partial charge in [0, 0.05) is 24.5 Å². The lowest BCUT2D eigenvalue weighted by molar-refractivity contribution is -0.117. The first-order valence-electron chi connectivity index (χ1n) is 8.66. The molecule has 2 amide bonds. The Morgan fingerprint density at radius 2 is 2.00 bits per heavy atom. The summed E-state index contributed by atoms with van der Waals surface area (Å²) in [6.45, 7) is 2.23. The zero-order valence-electron chi connectivity index (χ0n) is 14.9. The molecule has 1 heterocycles. The van der Waals surface area contributed by atoms with Crippen molar-refractivity contribution in [3.8, 4) is 0 Å². The summed E-state index contributed by atoms with van der Waals surface area (Å²) in [5, 5.41) is 6.00. The van der Waals surface area contributed by atoms with Gasteiger partial charge in [0.15, 0.2) is 0 Å². The quantitative estimate of drug-likeness (QED) is 0.865. The van der Waals surface area contributed by atoms with E-state index in [0.29, 0.717) is 16.3 Å². The fourth-order valence-corrected chi connectivity index (χ4v) is 3.54. The number of para-hydroxylation sites is 1. The van der Waals surface area contributed by atoms with Crippen molar-refractivity contribution in [1.29, 1.82) is 0 Å². The van der Waals surface area contributed by atoms with Crippen LogP contribution in [-0.2, 0) is 11.2 Å². The van der Waals surface area contributed by atoms with Crippen molar-refractivity contribution in [2.75, 3.05) is 23.8 Å². The number of fused-ring (bicyclic) bond motifs is 1. The molecule has 3 rings (SSSR count). The van der Waals surface area contributed by atoms with E-state index in [0.717, 1.165) is 18.5 Å². The number of anilines is 2. The van der Waals surface area contributed by atoms with E-state index in [-0.39, 0.29) is 24.4 Å². The Labute approximate surface area is 158 Å². The van der Waals surface area contributed by atoms with E-state index in [1.807, 2.05) is 23.1 Å². The molecule has 0 aromatic heterocycles. The van der Waals surface area contributed by atoms with Gasteiger partial charge in [-0.2, -0.15) is 0 Å². The summed E-state index contributed by atoms with van der Waals surface area (Å²) in [5.74, 6) is -0.229. The topological polar surface area (TPSA) is 61.4 Å². The lowest BCUT2D eigenvalue weighted by Crippen LogP contribution is -2.44. The third kappa shape index (κ3) is 3.68. The Balaban J connectivity index is 1.71. The van der Waals surface area contributed by atoms with Crippen molar-refractivity contribution in [2.24, 2.45) is 0 Å². The van der Waals surface area contributed by atoms with Gasteiger partial charge < -0.3 is 15.5 Å². The average molecular weight is 372 g/mol. The van der Waals surface area contributed by atoms with Crippen molar-refractivity contribution < 1.29 is 9.59 Å². The molecule has 2 aromatic rings. The summed E-state index contributed by atoms with van der Waals surface area (Å²) < 4.78 is 0. The number of carbonyl (C=O) groups is 2. The molecule has 2 N–H and O–H groups in total. The predicted octanol–water partition coefficient (Wildman–Crippen LogP) is 3.48. The Bertz CT molecular complexity index is 838. The highest BCUT2D eigenvalue weighted by Gasteiger charge is 2.27. The number of halogens is 1. The molecule has 0 saturated carbocycles. The fourth-order valence-electron chi connectivity index (χ4n) is 3.28. The predicted molar refractivity (Wildman–Crippen MR) is 105 cm³/mol. The molecule has 1 atom stereocenters. The minimum atomic E-state index is -0.239. The summed E-state index contributed by atoms with van der Waals surface area (Å²) in [4.78, 5) is 26.4. The molecule has 0 spiro atoms. The molecule has 0 bridgehead atoms. The molecule has 6 heteroatoms. The van der Waals surface area contributed by atoms with Crippen molar-refractivity contribution in [3.63, 3.8) is 0 Å². The smallest absolute Gasteiger partial charge is 0.252 e. The Kier molecular flexibility index (Phi) is 5.47. The van der Waals surface area contributed by atoms with Gasteiger partial charge in [-0.1, -0.05) is 29.8 Å². The van der Waals surface area contributed by atoms with Crippen LogP contribution in [0.3, 0.4) is 0 Å². The Hall–Kier alpha value is -2.53. The second-order valence-corrected chi connectivity index (χ2v) is 6.81. The molecule has 1 aliphatic heterocycles. The number of aryl methyl sites for hydroxylation is 1. The second kappa shape index (κ2) is 7.79. The first-order valence-corrected chi connectivity index (χ1v) is 9.04. The first-order chi connectivity index (χ1) is 12.5. The number of benzene rings is 2. The molecule has 0 radical (unpaired) electrons. The van der Waals surface area contributed by atoms with Crippen LogP contribution in [0.4, 0.5) is 11.4 Å². The fraction of sp³-hybridized carbons (Fsp3) is 0.300. The van der Waals surface area contributed by atoms with Gasteiger partial charge in [-0.3, -0.25) is 9.59 Å². The van der Waals surface area contributed by atoms with Crippen molar-refractivity contribution in [1.82, 2.24) is 5.32 Å². The van der Waals surface area contributed by atoms with E-state index >= 15 is 0 Å². The van der Waals surface area contributed by atoms with E-state index < -0.39 is 0 Å². The van der Waals surface area contributed by atoms with Gasteiger partial charge in [-0.15, -0.1) is 0 Å². The maximum absolute atomic E-state index is 12.8. The summed E-state index contributed by atoms with van der Waals surface area (Å²) in [6, 6.07) is 13.3. The Morgan fingerprint density at radius 1 is 1.23 bits per heavy atom. The number of nitrogens with one attached hydrogen (secondary N) is 2. The maximum atomic E-state index is 12.8. The van der Waals surface area contributed by atoms with Crippen molar-refractivity contribution in [2.45, 2.75) is 25.8 Å². The highest BCUT2D eigenvalue weighted by molar-refractivity contribution is 6.34. The molecule has 0 fully saturated rings. The van der Waals surface area contributed by atoms with E-state index in [1.165, 1.54) is 5.56 Å². The van der Waals surface area contributed by atoms with E-state index in [9.17, 15) is 9.59 Å².